The highest BCUT2D eigenvalue weighted by Crippen LogP contribution is 2.37. The molecule has 0 N–H and O–H groups in total. The monoisotopic (exact) mass is 406 g/mol. The molecule has 5 nitrogen and oxygen atoms in total. The van der Waals surface area contributed by atoms with Crippen LogP contribution in [0.4, 0.5) is 4.39 Å². The van der Waals surface area contributed by atoms with Crippen LogP contribution in [0.3, 0.4) is 0 Å². The number of rotatable bonds is 5. The number of carbonyl (C=O) groups is 1. The van der Waals surface area contributed by atoms with E-state index in [4.69, 9.17) is 4.74 Å². The summed E-state index contributed by atoms with van der Waals surface area (Å²) in [7, 11) is 1.33. The number of methoxy groups -OCH3 is 1. The van der Waals surface area contributed by atoms with Crippen molar-refractivity contribution >= 4 is 39.3 Å². The summed E-state index contributed by atoms with van der Waals surface area (Å²) >= 11 is 2.62. The van der Waals surface area contributed by atoms with Gasteiger partial charge in [0.05, 0.1) is 12.5 Å². The number of aryl methyl sites for hydroxylation is 1. The summed E-state index contributed by atoms with van der Waals surface area (Å²) < 4.78 is 19.6. The number of halogens is 1. The quantitative estimate of drug-likeness (QED) is 0.360. The normalized spacial score (nSPS) is 12.3. The summed E-state index contributed by atoms with van der Waals surface area (Å²) in [6.45, 7) is 5.93. The van der Waals surface area contributed by atoms with Crippen LogP contribution in [0.5, 0.6) is 0 Å². The number of hydrogen-bond acceptors (Lipinski definition) is 6. The van der Waals surface area contributed by atoms with Crippen molar-refractivity contribution in [2.24, 2.45) is 0 Å². The van der Waals surface area contributed by atoms with Crippen LogP contribution in [-0.4, -0.2) is 27.9 Å². The molecule has 27 heavy (non-hydrogen) atoms. The lowest BCUT2D eigenvalue weighted by Crippen LogP contribution is -2.24. The van der Waals surface area contributed by atoms with Gasteiger partial charge in [-0.15, -0.1) is 11.3 Å². The van der Waals surface area contributed by atoms with Crippen LogP contribution in [0.25, 0.3) is 21.3 Å². The Bertz CT molecular complexity index is 1060. The molecule has 0 unspecified atom stereocenters. The third-order valence-electron chi connectivity index (χ3n) is 4.22. The highest BCUT2D eigenvalue weighted by atomic mass is 32.2. The molecule has 8 heteroatoms. The van der Waals surface area contributed by atoms with Crippen molar-refractivity contribution in [2.75, 3.05) is 7.11 Å². The summed E-state index contributed by atoms with van der Waals surface area (Å²) in [6, 6.07) is 6.10. The Morgan fingerprint density at radius 1 is 1.37 bits per heavy atom. The molecule has 142 valence electrons. The molecular formula is C19H19FN2O3S2. The van der Waals surface area contributed by atoms with Gasteiger partial charge in [-0.2, -0.15) is 0 Å². The van der Waals surface area contributed by atoms with Gasteiger partial charge in [0.2, 0.25) is 0 Å². The number of carbonyl (C=O) groups excluding carboxylic acids is 1. The minimum Gasteiger partial charge on any atom is -0.468 e. The smallest absolute Gasteiger partial charge is 0.318 e. The molecule has 0 amide bonds. The van der Waals surface area contributed by atoms with Crippen molar-refractivity contribution in [3.63, 3.8) is 0 Å². The number of aromatic nitrogens is 2. The number of esters is 1. The van der Waals surface area contributed by atoms with Crippen LogP contribution in [0.2, 0.25) is 0 Å². The average Bonchev–Trinajstić information content (AvgIpc) is 2.98. The Hall–Kier alpha value is -2.19. The van der Waals surface area contributed by atoms with Crippen molar-refractivity contribution in [1.29, 1.82) is 0 Å². The molecule has 0 aliphatic carbocycles. The number of nitrogens with zero attached hydrogens (tertiary/aromatic N) is 2. The van der Waals surface area contributed by atoms with Crippen molar-refractivity contribution in [2.45, 2.75) is 37.7 Å². The highest BCUT2D eigenvalue weighted by Gasteiger charge is 2.22. The number of hydrogen-bond donors (Lipinski definition) is 0. The molecule has 2 aromatic heterocycles. The molecule has 1 atom stereocenters. The number of thiophene rings is 1. The maximum absolute atomic E-state index is 13.3. The number of fused-ring (bicyclic) bond motifs is 1. The first-order valence-electron chi connectivity index (χ1n) is 8.41. The van der Waals surface area contributed by atoms with Crippen LogP contribution in [-0.2, 0) is 16.1 Å². The largest absolute Gasteiger partial charge is 0.468 e. The third kappa shape index (κ3) is 3.64. The zero-order valence-corrected chi connectivity index (χ0v) is 17.0. The van der Waals surface area contributed by atoms with Crippen LogP contribution < -0.4 is 5.56 Å². The number of benzene rings is 1. The molecule has 0 spiro atoms. The SMILES string of the molecule is CCn1c(S[C@@H](C)C(=O)OC)nc2sc(C)c(-c3ccc(F)cc3)c2c1=O. The van der Waals surface area contributed by atoms with E-state index in [1.165, 1.54) is 42.3 Å². The van der Waals surface area contributed by atoms with E-state index in [2.05, 4.69) is 4.98 Å². The van der Waals surface area contributed by atoms with Gasteiger partial charge in [-0.3, -0.25) is 14.2 Å². The average molecular weight is 407 g/mol. The molecule has 0 fully saturated rings. The van der Waals surface area contributed by atoms with Gasteiger partial charge in [0.25, 0.3) is 5.56 Å². The van der Waals surface area contributed by atoms with E-state index < -0.39 is 5.25 Å². The Morgan fingerprint density at radius 2 is 2.04 bits per heavy atom. The molecule has 3 aromatic rings. The molecule has 2 heterocycles. The van der Waals surface area contributed by atoms with Gasteiger partial charge in [-0.25, -0.2) is 9.37 Å². The molecular weight excluding hydrogens is 387 g/mol. The second-order valence-electron chi connectivity index (χ2n) is 5.95. The Balaban J connectivity index is 2.20. The molecule has 0 saturated carbocycles. The summed E-state index contributed by atoms with van der Waals surface area (Å²) in [4.78, 5) is 31.2. The van der Waals surface area contributed by atoms with Gasteiger partial charge in [-0.1, -0.05) is 23.9 Å². The van der Waals surface area contributed by atoms with Crippen LogP contribution in [0.1, 0.15) is 18.7 Å². The first kappa shape index (κ1) is 19.6. The van der Waals surface area contributed by atoms with Gasteiger partial charge < -0.3 is 4.74 Å². The first-order valence-corrected chi connectivity index (χ1v) is 10.1. The summed E-state index contributed by atoms with van der Waals surface area (Å²) in [5, 5.41) is 0.538. The maximum atomic E-state index is 13.3. The van der Waals surface area contributed by atoms with Crippen molar-refractivity contribution < 1.29 is 13.9 Å². The van der Waals surface area contributed by atoms with E-state index in [9.17, 15) is 14.0 Å². The predicted octanol–water partition coefficient (Wildman–Crippen LogP) is 4.25. The van der Waals surface area contributed by atoms with E-state index in [1.54, 1.807) is 23.6 Å². The van der Waals surface area contributed by atoms with E-state index in [0.717, 1.165) is 16.0 Å². The van der Waals surface area contributed by atoms with Crippen LogP contribution in [0.15, 0.2) is 34.2 Å². The molecule has 0 saturated heterocycles. The lowest BCUT2D eigenvalue weighted by atomic mass is 10.0. The van der Waals surface area contributed by atoms with E-state index >= 15 is 0 Å². The fourth-order valence-corrected chi connectivity index (χ4v) is 4.97. The van der Waals surface area contributed by atoms with Gasteiger partial charge in [-0.05, 0) is 38.5 Å². The van der Waals surface area contributed by atoms with E-state index in [1.807, 2.05) is 13.8 Å². The standard InChI is InChI=1S/C19H19FN2O3S2/c1-5-22-17(23)15-14(12-6-8-13(20)9-7-12)10(2)26-16(15)21-19(22)27-11(3)18(24)25-4/h6-9,11H,5H2,1-4H3/t11-/m0/s1. The number of thioether (sulfide) groups is 1. The second-order valence-corrected chi connectivity index (χ2v) is 8.46. The lowest BCUT2D eigenvalue weighted by molar-refractivity contribution is -0.139. The lowest BCUT2D eigenvalue weighted by Gasteiger charge is -2.13. The fraction of sp³-hybridized carbons (Fsp3) is 0.316. The topological polar surface area (TPSA) is 61.2 Å². The molecule has 0 radical (unpaired) electrons. The zero-order valence-electron chi connectivity index (χ0n) is 15.4. The van der Waals surface area contributed by atoms with E-state index in [-0.39, 0.29) is 17.3 Å². The molecule has 1 aromatic carbocycles. The van der Waals surface area contributed by atoms with Gasteiger partial charge in [0.15, 0.2) is 5.16 Å². The van der Waals surface area contributed by atoms with Crippen LogP contribution >= 0.6 is 23.1 Å². The Morgan fingerprint density at radius 3 is 2.63 bits per heavy atom. The predicted molar refractivity (Wildman–Crippen MR) is 107 cm³/mol. The minimum absolute atomic E-state index is 0.161. The highest BCUT2D eigenvalue weighted by molar-refractivity contribution is 8.00. The van der Waals surface area contributed by atoms with Crippen molar-refractivity contribution in [3.05, 3.63) is 45.3 Å². The second kappa shape index (κ2) is 7.82. The van der Waals surface area contributed by atoms with Gasteiger partial charge in [0.1, 0.15) is 15.9 Å². The first-order chi connectivity index (χ1) is 12.9. The number of ether oxygens (including phenoxy) is 1. The fourth-order valence-electron chi connectivity index (χ4n) is 2.88. The van der Waals surface area contributed by atoms with Gasteiger partial charge >= 0.3 is 5.97 Å². The third-order valence-corrected chi connectivity index (χ3v) is 6.28. The molecule has 3 rings (SSSR count). The molecule has 0 aliphatic heterocycles. The van der Waals surface area contributed by atoms with Gasteiger partial charge in [0, 0.05) is 17.0 Å². The zero-order chi connectivity index (χ0) is 19.7. The van der Waals surface area contributed by atoms with Crippen LogP contribution in [0, 0.1) is 12.7 Å². The molecule has 0 bridgehead atoms. The summed E-state index contributed by atoms with van der Waals surface area (Å²) in [5.74, 6) is -0.693. The Kier molecular flexibility index (Phi) is 5.67. The van der Waals surface area contributed by atoms with E-state index in [0.29, 0.717) is 21.9 Å². The summed E-state index contributed by atoms with van der Waals surface area (Å²) in [6.07, 6.45) is 0. The van der Waals surface area contributed by atoms with Crippen molar-refractivity contribution in [1.82, 2.24) is 9.55 Å². The maximum Gasteiger partial charge on any atom is 0.318 e. The Labute approximate surface area is 164 Å². The van der Waals surface area contributed by atoms with Crippen molar-refractivity contribution in [3.8, 4) is 11.1 Å². The minimum atomic E-state index is -0.477. The molecule has 0 aliphatic rings. The summed E-state index contributed by atoms with van der Waals surface area (Å²) in [5.41, 5.74) is 1.41.